The summed E-state index contributed by atoms with van der Waals surface area (Å²) in [5.41, 5.74) is 0.647. The minimum absolute atomic E-state index is 0.0630. The molecule has 0 bridgehead atoms. The summed E-state index contributed by atoms with van der Waals surface area (Å²) in [6.07, 6.45) is 1.98. The molecule has 0 spiro atoms. The summed E-state index contributed by atoms with van der Waals surface area (Å²) in [4.78, 5) is 45.4. The van der Waals surface area contributed by atoms with Gasteiger partial charge in [-0.05, 0) is 41.3 Å². The monoisotopic (exact) mass is 456 g/mol. The second-order valence-electron chi connectivity index (χ2n) is 6.85. The zero-order valence-corrected chi connectivity index (χ0v) is 18.2. The molecular weight excluding hydrogens is 440 g/mol. The number of Topliss-reactive ketones (excluding diaryl/α,β-unsaturated/α-hetero) is 1. The smallest absolute Gasteiger partial charge is 0.348 e. The number of fused-ring (bicyclic) bond motifs is 3. The summed E-state index contributed by atoms with van der Waals surface area (Å²) in [5.74, 6) is 0.233. The zero-order valence-electron chi connectivity index (χ0n) is 15.8. The Labute approximate surface area is 183 Å². The van der Waals surface area contributed by atoms with Gasteiger partial charge in [-0.2, -0.15) is 0 Å². The van der Waals surface area contributed by atoms with Gasteiger partial charge >= 0.3 is 5.97 Å². The van der Waals surface area contributed by atoms with Crippen LogP contribution in [0.3, 0.4) is 0 Å². The molecule has 1 aliphatic rings. The average molecular weight is 457 g/mol. The Balaban J connectivity index is 1.55. The molecule has 0 fully saturated rings. The van der Waals surface area contributed by atoms with Gasteiger partial charge < -0.3 is 4.74 Å². The fourth-order valence-corrected chi connectivity index (χ4v) is 6.16. The van der Waals surface area contributed by atoms with Crippen LogP contribution in [0.4, 0.5) is 0 Å². The summed E-state index contributed by atoms with van der Waals surface area (Å²) in [6, 6.07) is 7.31. The van der Waals surface area contributed by atoms with E-state index in [1.54, 1.807) is 16.7 Å². The van der Waals surface area contributed by atoms with Gasteiger partial charge in [-0.25, -0.2) is 9.78 Å². The molecule has 0 unspecified atom stereocenters. The SMILES string of the molecule is O=C(OCCn1c(-c2cccs2)nc2sc3c(c2c1=O)CCCC3=O)c1cccs1. The zero-order chi connectivity index (χ0) is 20.7. The third-order valence-corrected chi connectivity index (χ3v) is 7.89. The van der Waals surface area contributed by atoms with E-state index in [1.807, 2.05) is 22.9 Å². The molecule has 0 N–H and O–H groups in total. The molecular formula is C21H16N2O4S3. The van der Waals surface area contributed by atoms with Crippen LogP contribution in [0.25, 0.3) is 20.9 Å². The van der Waals surface area contributed by atoms with Crippen LogP contribution in [0.15, 0.2) is 39.8 Å². The summed E-state index contributed by atoms with van der Waals surface area (Å²) >= 11 is 4.12. The molecule has 4 heterocycles. The lowest BCUT2D eigenvalue weighted by Gasteiger charge is -2.13. The first-order chi connectivity index (χ1) is 14.6. The number of ether oxygens (including phenoxy) is 1. The van der Waals surface area contributed by atoms with E-state index in [0.717, 1.165) is 16.9 Å². The lowest BCUT2D eigenvalue weighted by molar-refractivity contribution is 0.0496. The van der Waals surface area contributed by atoms with E-state index in [0.29, 0.717) is 38.6 Å². The average Bonchev–Trinajstić information content (AvgIpc) is 3.50. The maximum Gasteiger partial charge on any atom is 0.348 e. The van der Waals surface area contributed by atoms with E-state index in [4.69, 9.17) is 9.72 Å². The van der Waals surface area contributed by atoms with E-state index >= 15 is 0 Å². The van der Waals surface area contributed by atoms with Gasteiger partial charge in [0.15, 0.2) is 11.6 Å². The van der Waals surface area contributed by atoms with Crippen LogP contribution in [0, 0.1) is 0 Å². The van der Waals surface area contributed by atoms with Gasteiger partial charge in [-0.1, -0.05) is 12.1 Å². The van der Waals surface area contributed by atoms with Gasteiger partial charge in [0.1, 0.15) is 16.3 Å². The van der Waals surface area contributed by atoms with Crippen LogP contribution in [-0.2, 0) is 17.7 Å². The van der Waals surface area contributed by atoms with Gasteiger partial charge in [0.2, 0.25) is 0 Å². The number of esters is 1. The van der Waals surface area contributed by atoms with Crippen molar-refractivity contribution in [2.24, 2.45) is 0 Å². The number of hydrogen-bond acceptors (Lipinski definition) is 8. The maximum atomic E-state index is 13.5. The third-order valence-electron chi connectivity index (χ3n) is 5.01. The molecule has 5 rings (SSSR count). The minimum Gasteiger partial charge on any atom is -0.460 e. The highest BCUT2D eigenvalue weighted by molar-refractivity contribution is 7.20. The fourth-order valence-electron chi connectivity index (χ4n) is 3.64. The van der Waals surface area contributed by atoms with Crippen molar-refractivity contribution in [1.29, 1.82) is 0 Å². The summed E-state index contributed by atoms with van der Waals surface area (Å²) in [6.45, 7) is 0.262. The molecule has 0 saturated heterocycles. The standard InChI is InChI=1S/C21H16N2O4S3/c24-13-5-1-4-12-16-19(30-17(12)13)22-18(14-6-2-10-28-14)23(20(16)25)8-9-27-21(26)15-7-3-11-29-15/h2-3,6-7,10-11H,1,4-5,8-9H2. The first kappa shape index (κ1) is 19.3. The van der Waals surface area contributed by atoms with Gasteiger partial charge in [-0.15, -0.1) is 34.0 Å². The number of aromatic nitrogens is 2. The first-order valence-electron chi connectivity index (χ1n) is 9.47. The van der Waals surface area contributed by atoms with Crippen molar-refractivity contribution in [2.75, 3.05) is 6.61 Å². The summed E-state index contributed by atoms with van der Waals surface area (Å²) < 4.78 is 6.95. The third kappa shape index (κ3) is 3.32. The Morgan fingerprint density at radius 3 is 2.73 bits per heavy atom. The molecule has 4 aromatic rings. The molecule has 6 nitrogen and oxygen atoms in total. The van der Waals surface area contributed by atoms with Crippen molar-refractivity contribution in [3.63, 3.8) is 0 Å². The van der Waals surface area contributed by atoms with Crippen LogP contribution < -0.4 is 5.56 Å². The largest absolute Gasteiger partial charge is 0.460 e. The summed E-state index contributed by atoms with van der Waals surface area (Å²) in [7, 11) is 0. The number of hydrogen-bond donors (Lipinski definition) is 0. The molecule has 0 aromatic carbocycles. The molecule has 0 saturated carbocycles. The Morgan fingerprint density at radius 2 is 1.97 bits per heavy atom. The maximum absolute atomic E-state index is 13.5. The molecule has 0 radical (unpaired) electrons. The van der Waals surface area contributed by atoms with Crippen molar-refractivity contribution >= 4 is 56.0 Å². The fraction of sp³-hybridized carbons (Fsp3) is 0.238. The van der Waals surface area contributed by atoms with Crippen molar-refractivity contribution in [2.45, 2.75) is 25.8 Å². The van der Waals surface area contributed by atoms with E-state index in [9.17, 15) is 14.4 Å². The van der Waals surface area contributed by atoms with Gasteiger partial charge in [-0.3, -0.25) is 14.2 Å². The topological polar surface area (TPSA) is 78.3 Å². The molecule has 152 valence electrons. The number of nitrogens with zero attached hydrogens (tertiary/aromatic N) is 2. The van der Waals surface area contributed by atoms with Crippen LogP contribution in [-0.4, -0.2) is 27.9 Å². The van der Waals surface area contributed by atoms with Crippen molar-refractivity contribution in [1.82, 2.24) is 9.55 Å². The number of thiophene rings is 3. The van der Waals surface area contributed by atoms with E-state index in [-0.39, 0.29) is 24.5 Å². The quantitative estimate of drug-likeness (QED) is 0.409. The van der Waals surface area contributed by atoms with Crippen molar-refractivity contribution in [3.8, 4) is 10.7 Å². The Morgan fingerprint density at radius 1 is 1.13 bits per heavy atom. The Bertz CT molecular complexity index is 1300. The number of carbonyl (C=O) groups is 2. The highest BCUT2D eigenvalue weighted by atomic mass is 32.1. The van der Waals surface area contributed by atoms with Gasteiger partial charge in [0, 0.05) is 6.42 Å². The van der Waals surface area contributed by atoms with Crippen LogP contribution in [0.1, 0.15) is 37.7 Å². The van der Waals surface area contributed by atoms with Gasteiger partial charge in [0.05, 0.1) is 21.7 Å². The predicted octanol–water partition coefficient (Wildman–Crippen LogP) is 4.62. The number of ketones is 1. The highest BCUT2D eigenvalue weighted by Gasteiger charge is 2.27. The van der Waals surface area contributed by atoms with Crippen LogP contribution >= 0.6 is 34.0 Å². The number of aryl methyl sites for hydroxylation is 1. The Kier molecular flexibility index (Phi) is 5.10. The van der Waals surface area contributed by atoms with E-state index < -0.39 is 5.97 Å². The second-order valence-corrected chi connectivity index (χ2v) is 9.74. The molecule has 4 aromatic heterocycles. The highest BCUT2D eigenvalue weighted by Crippen LogP contribution is 2.35. The minimum atomic E-state index is -0.400. The first-order valence-corrected chi connectivity index (χ1v) is 12.0. The van der Waals surface area contributed by atoms with Crippen LogP contribution in [0.2, 0.25) is 0 Å². The van der Waals surface area contributed by atoms with E-state index in [1.165, 1.54) is 34.0 Å². The summed E-state index contributed by atoms with van der Waals surface area (Å²) in [5, 5.41) is 4.28. The molecule has 30 heavy (non-hydrogen) atoms. The van der Waals surface area contributed by atoms with Crippen molar-refractivity contribution in [3.05, 3.63) is 60.7 Å². The second kappa shape index (κ2) is 7.90. The van der Waals surface area contributed by atoms with E-state index in [2.05, 4.69) is 0 Å². The molecule has 0 aliphatic heterocycles. The van der Waals surface area contributed by atoms with Crippen molar-refractivity contribution < 1.29 is 14.3 Å². The molecule has 9 heteroatoms. The predicted molar refractivity (Wildman–Crippen MR) is 119 cm³/mol. The van der Waals surface area contributed by atoms with Gasteiger partial charge in [0.25, 0.3) is 5.56 Å². The lowest BCUT2D eigenvalue weighted by atomic mass is 9.96. The number of carbonyl (C=O) groups excluding carboxylic acids is 2. The molecule has 0 atom stereocenters. The Hall–Kier alpha value is -2.62. The van der Waals surface area contributed by atoms with Crippen LogP contribution in [0.5, 0.6) is 0 Å². The normalized spacial score (nSPS) is 13.5. The number of rotatable bonds is 5. The molecule has 1 aliphatic carbocycles. The molecule has 0 amide bonds. The lowest BCUT2D eigenvalue weighted by Crippen LogP contribution is -2.26.